The Morgan fingerprint density at radius 3 is 2.30 bits per heavy atom. The Bertz CT molecular complexity index is 704. The van der Waals surface area contributed by atoms with Crippen molar-refractivity contribution < 1.29 is 5.11 Å². The molecular formula is C26H38O. The summed E-state index contributed by atoms with van der Waals surface area (Å²) < 4.78 is 0. The van der Waals surface area contributed by atoms with E-state index in [4.69, 9.17) is 0 Å². The van der Waals surface area contributed by atoms with Crippen LogP contribution in [0.4, 0.5) is 0 Å². The molecule has 148 valence electrons. The van der Waals surface area contributed by atoms with Gasteiger partial charge in [0.15, 0.2) is 0 Å². The van der Waals surface area contributed by atoms with Crippen LogP contribution in [0.1, 0.15) is 71.8 Å². The Balaban J connectivity index is 1.69. The molecule has 0 amide bonds. The van der Waals surface area contributed by atoms with Crippen LogP contribution < -0.4 is 0 Å². The molecular weight excluding hydrogens is 328 g/mol. The molecule has 1 heteroatoms. The summed E-state index contributed by atoms with van der Waals surface area (Å²) in [5.74, 6) is 1.97. The van der Waals surface area contributed by atoms with E-state index in [0.29, 0.717) is 22.7 Å². The van der Waals surface area contributed by atoms with E-state index < -0.39 is 0 Å². The molecule has 0 heterocycles. The molecule has 0 unspecified atom stereocenters. The number of allylic oxidation sites excluding steroid dienone is 1. The summed E-state index contributed by atoms with van der Waals surface area (Å²) in [6, 6.07) is 11.0. The molecule has 0 aliphatic heterocycles. The highest BCUT2D eigenvalue weighted by atomic mass is 16.3. The average molecular weight is 367 g/mol. The van der Waals surface area contributed by atoms with Crippen molar-refractivity contribution in [3.8, 4) is 0 Å². The first kappa shape index (κ1) is 19.2. The fraction of sp³-hybridized carbons (Fsp3) is 0.692. The molecule has 1 N–H and O–H groups in total. The molecule has 4 rings (SSSR count). The molecule has 0 bridgehead atoms. The van der Waals surface area contributed by atoms with Crippen LogP contribution >= 0.6 is 0 Å². The fourth-order valence-corrected chi connectivity index (χ4v) is 7.85. The van der Waals surface area contributed by atoms with Crippen LogP contribution in [-0.2, 0) is 6.42 Å². The smallest absolute Gasteiger partial charge is 0.0594 e. The van der Waals surface area contributed by atoms with Gasteiger partial charge in [-0.05, 0) is 84.5 Å². The number of hydrogen-bond acceptors (Lipinski definition) is 1. The highest BCUT2D eigenvalue weighted by molar-refractivity contribution is 5.24. The quantitative estimate of drug-likeness (QED) is 0.599. The molecule has 3 fully saturated rings. The highest BCUT2D eigenvalue weighted by Crippen LogP contribution is 2.69. The summed E-state index contributed by atoms with van der Waals surface area (Å²) >= 11 is 0. The lowest BCUT2D eigenvalue weighted by atomic mass is 9.38. The van der Waals surface area contributed by atoms with Gasteiger partial charge in [-0.15, -0.1) is 0 Å². The minimum atomic E-state index is -0.140. The maximum atomic E-state index is 10.7. The first-order valence-corrected chi connectivity index (χ1v) is 11.1. The van der Waals surface area contributed by atoms with Gasteiger partial charge in [0.2, 0.25) is 0 Å². The zero-order valence-corrected chi connectivity index (χ0v) is 17.8. The minimum absolute atomic E-state index is 0.0394. The molecule has 3 aliphatic carbocycles. The topological polar surface area (TPSA) is 20.2 Å². The molecule has 27 heavy (non-hydrogen) atoms. The van der Waals surface area contributed by atoms with Gasteiger partial charge in [-0.25, -0.2) is 0 Å². The Kier molecular flexibility index (Phi) is 4.62. The summed E-state index contributed by atoms with van der Waals surface area (Å²) in [7, 11) is 0. The average Bonchev–Trinajstić information content (AvgIpc) is 2.62. The largest absolute Gasteiger partial charge is 0.393 e. The van der Waals surface area contributed by atoms with Gasteiger partial charge in [-0.2, -0.15) is 0 Å². The van der Waals surface area contributed by atoms with E-state index in [1.54, 1.807) is 0 Å². The zero-order chi connectivity index (χ0) is 19.4. The first-order valence-electron chi connectivity index (χ1n) is 11.1. The van der Waals surface area contributed by atoms with Crippen molar-refractivity contribution in [2.24, 2.45) is 34.0 Å². The number of aliphatic hydroxyl groups excluding tert-OH is 1. The van der Waals surface area contributed by atoms with Crippen LogP contribution in [0.5, 0.6) is 0 Å². The number of benzene rings is 1. The highest BCUT2D eigenvalue weighted by Gasteiger charge is 2.62. The van der Waals surface area contributed by atoms with Crippen LogP contribution in [0, 0.1) is 34.0 Å². The standard InChI is InChI=1S/C26H38O/c1-18-11-12-22-25(4,20(18)17-19-9-7-6-8-10-19)15-13-21-24(2,3)23(27)14-16-26(21,22)5/h6-10,20-23,27H,1,11-17H2,2-5H3/t20-,21+,22+,23+,25+,26+/m1/s1. The normalized spacial score (nSPS) is 43.7. The van der Waals surface area contributed by atoms with E-state index in [2.05, 4.69) is 64.6 Å². The zero-order valence-electron chi connectivity index (χ0n) is 17.8. The molecule has 0 saturated heterocycles. The molecule has 3 saturated carbocycles. The third-order valence-corrected chi connectivity index (χ3v) is 9.40. The minimum Gasteiger partial charge on any atom is -0.393 e. The number of aliphatic hydroxyl groups is 1. The van der Waals surface area contributed by atoms with Gasteiger partial charge in [0.05, 0.1) is 6.10 Å². The second-order valence-corrected chi connectivity index (χ2v) is 11.0. The van der Waals surface area contributed by atoms with Crippen LogP contribution in [0.3, 0.4) is 0 Å². The molecule has 3 aliphatic rings. The lowest BCUT2D eigenvalue weighted by molar-refractivity contribution is -0.185. The Morgan fingerprint density at radius 1 is 0.926 bits per heavy atom. The summed E-state index contributed by atoms with van der Waals surface area (Å²) in [5.41, 5.74) is 3.67. The molecule has 0 aromatic heterocycles. The first-order chi connectivity index (χ1) is 12.7. The van der Waals surface area contributed by atoms with Gasteiger partial charge in [0, 0.05) is 0 Å². The van der Waals surface area contributed by atoms with Gasteiger partial charge in [-0.1, -0.05) is 70.2 Å². The molecule has 1 aromatic rings. The Hall–Kier alpha value is -1.08. The molecule has 1 aromatic carbocycles. The van der Waals surface area contributed by atoms with Gasteiger partial charge in [0.1, 0.15) is 0 Å². The van der Waals surface area contributed by atoms with Crippen LogP contribution in [0.25, 0.3) is 0 Å². The fourth-order valence-electron chi connectivity index (χ4n) is 7.85. The van der Waals surface area contributed by atoms with E-state index in [1.807, 2.05) is 0 Å². The summed E-state index contributed by atoms with van der Waals surface area (Å²) in [6.45, 7) is 14.4. The van der Waals surface area contributed by atoms with Crippen molar-refractivity contribution in [1.29, 1.82) is 0 Å². The number of fused-ring (bicyclic) bond motifs is 3. The second kappa shape index (κ2) is 6.48. The lowest BCUT2D eigenvalue weighted by Crippen LogP contribution is -2.61. The van der Waals surface area contributed by atoms with Crippen molar-refractivity contribution in [1.82, 2.24) is 0 Å². The van der Waals surface area contributed by atoms with Crippen LogP contribution in [0.2, 0.25) is 0 Å². The predicted octanol–water partition coefficient (Wildman–Crippen LogP) is 6.42. The van der Waals surface area contributed by atoms with E-state index in [0.717, 1.165) is 18.8 Å². The number of hydrogen-bond donors (Lipinski definition) is 1. The maximum Gasteiger partial charge on any atom is 0.0594 e. The summed E-state index contributed by atoms with van der Waals surface area (Å²) in [4.78, 5) is 0. The monoisotopic (exact) mass is 366 g/mol. The van der Waals surface area contributed by atoms with Gasteiger partial charge >= 0.3 is 0 Å². The van der Waals surface area contributed by atoms with Crippen LogP contribution in [0.15, 0.2) is 42.5 Å². The van der Waals surface area contributed by atoms with E-state index in [1.165, 1.54) is 43.2 Å². The SMILES string of the molecule is C=C1CC[C@H]2[C@@](C)(CC[C@H]3C(C)(C)[C@@H](O)CC[C@]23C)[C@@H]1Cc1ccccc1. The van der Waals surface area contributed by atoms with Crippen molar-refractivity contribution >= 4 is 0 Å². The molecule has 6 atom stereocenters. The van der Waals surface area contributed by atoms with Gasteiger partial charge in [-0.3, -0.25) is 0 Å². The lowest BCUT2D eigenvalue weighted by Gasteiger charge is -2.66. The molecule has 0 spiro atoms. The summed E-state index contributed by atoms with van der Waals surface area (Å²) in [5, 5.41) is 10.7. The predicted molar refractivity (Wildman–Crippen MR) is 113 cm³/mol. The van der Waals surface area contributed by atoms with E-state index in [9.17, 15) is 5.11 Å². The summed E-state index contributed by atoms with van der Waals surface area (Å²) in [6.07, 6.45) is 8.17. The van der Waals surface area contributed by atoms with Crippen molar-refractivity contribution in [2.45, 2.75) is 78.7 Å². The van der Waals surface area contributed by atoms with Crippen LogP contribution in [-0.4, -0.2) is 11.2 Å². The third-order valence-electron chi connectivity index (χ3n) is 9.40. The van der Waals surface area contributed by atoms with Crippen molar-refractivity contribution in [3.63, 3.8) is 0 Å². The van der Waals surface area contributed by atoms with Gasteiger partial charge in [0.25, 0.3) is 0 Å². The van der Waals surface area contributed by atoms with E-state index >= 15 is 0 Å². The third kappa shape index (κ3) is 2.84. The Labute approximate surface area is 166 Å². The second-order valence-electron chi connectivity index (χ2n) is 11.0. The van der Waals surface area contributed by atoms with Crippen molar-refractivity contribution in [3.05, 3.63) is 48.0 Å². The number of rotatable bonds is 2. The molecule has 0 radical (unpaired) electrons. The maximum absolute atomic E-state index is 10.7. The molecule has 1 nitrogen and oxygen atoms in total. The Morgan fingerprint density at radius 2 is 1.59 bits per heavy atom. The van der Waals surface area contributed by atoms with Gasteiger partial charge < -0.3 is 5.11 Å². The van der Waals surface area contributed by atoms with E-state index in [-0.39, 0.29) is 11.5 Å². The van der Waals surface area contributed by atoms with Crippen molar-refractivity contribution in [2.75, 3.05) is 0 Å².